The Balaban J connectivity index is 4.41. The van der Waals surface area contributed by atoms with Crippen molar-refractivity contribution >= 4 is 11.9 Å². The van der Waals surface area contributed by atoms with Gasteiger partial charge >= 0.3 is 11.9 Å². The van der Waals surface area contributed by atoms with Gasteiger partial charge in [0.2, 0.25) is 0 Å². The molecule has 0 rings (SSSR count). The molecule has 4 atom stereocenters. The molecular formula is C30H58O4. The van der Waals surface area contributed by atoms with Gasteiger partial charge in [-0.1, -0.05) is 92.9 Å². The molecule has 4 nitrogen and oxygen atoms in total. The minimum Gasteiger partial charge on any atom is -0.465 e. The van der Waals surface area contributed by atoms with Gasteiger partial charge in [0, 0.05) is 0 Å². The maximum atomic E-state index is 12.9. The Hall–Kier alpha value is -1.06. The molecule has 0 aromatic heterocycles. The Bertz CT molecular complexity index is 546. The summed E-state index contributed by atoms with van der Waals surface area (Å²) >= 11 is 0. The first kappa shape index (κ1) is 32.9. The highest BCUT2D eigenvalue weighted by molar-refractivity contribution is 5.77. The van der Waals surface area contributed by atoms with E-state index in [1.165, 1.54) is 25.7 Å². The second-order valence-corrected chi connectivity index (χ2v) is 11.3. The molecule has 0 aliphatic carbocycles. The monoisotopic (exact) mass is 482 g/mol. The van der Waals surface area contributed by atoms with Gasteiger partial charge in [-0.25, -0.2) is 0 Å². The van der Waals surface area contributed by atoms with Crippen molar-refractivity contribution in [3.8, 4) is 0 Å². The molecule has 0 saturated carbocycles. The number of carbonyl (C=O) groups is 2. The minimum absolute atomic E-state index is 0.0585. The summed E-state index contributed by atoms with van der Waals surface area (Å²) in [6.07, 6.45) is 14.2. The van der Waals surface area contributed by atoms with Gasteiger partial charge in [-0.15, -0.1) is 0 Å². The molecule has 0 heterocycles. The summed E-state index contributed by atoms with van der Waals surface area (Å²) in [6.45, 7) is 18.1. The Morgan fingerprint density at radius 2 is 1.21 bits per heavy atom. The van der Waals surface area contributed by atoms with E-state index in [9.17, 15) is 9.59 Å². The van der Waals surface area contributed by atoms with E-state index in [-0.39, 0.29) is 17.4 Å². The average Bonchev–Trinajstić information content (AvgIpc) is 2.79. The summed E-state index contributed by atoms with van der Waals surface area (Å²) in [6, 6.07) is 0. The van der Waals surface area contributed by atoms with E-state index < -0.39 is 5.41 Å². The molecule has 34 heavy (non-hydrogen) atoms. The lowest BCUT2D eigenvalue weighted by atomic mass is 9.73. The van der Waals surface area contributed by atoms with Gasteiger partial charge in [0.1, 0.15) is 0 Å². The third-order valence-corrected chi connectivity index (χ3v) is 7.80. The van der Waals surface area contributed by atoms with E-state index in [2.05, 4.69) is 55.4 Å². The highest BCUT2D eigenvalue weighted by atomic mass is 16.5. The molecular weight excluding hydrogens is 424 g/mol. The summed E-state index contributed by atoms with van der Waals surface area (Å²) in [5, 5.41) is 0. The lowest BCUT2D eigenvalue weighted by molar-refractivity contribution is -0.160. The Kier molecular flexibility index (Phi) is 17.7. The number of esters is 2. The van der Waals surface area contributed by atoms with Crippen LogP contribution in [0, 0.1) is 22.7 Å². The molecule has 0 saturated heterocycles. The lowest BCUT2D eigenvalue weighted by Crippen LogP contribution is -2.36. The molecule has 0 aromatic carbocycles. The van der Waals surface area contributed by atoms with Gasteiger partial charge in [-0.05, 0) is 64.2 Å². The first-order valence-electron chi connectivity index (χ1n) is 14.5. The summed E-state index contributed by atoms with van der Waals surface area (Å²) < 4.78 is 11.3. The molecule has 0 aliphatic heterocycles. The van der Waals surface area contributed by atoms with Crippen molar-refractivity contribution in [1.29, 1.82) is 0 Å². The number of hydrogen-bond donors (Lipinski definition) is 0. The highest BCUT2D eigenvalue weighted by Gasteiger charge is 2.39. The second-order valence-electron chi connectivity index (χ2n) is 11.3. The summed E-state index contributed by atoms with van der Waals surface area (Å²) in [7, 11) is 0. The molecule has 0 bridgehead atoms. The van der Waals surface area contributed by atoms with E-state index in [0.717, 1.165) is 70.1 Å². The number of unbranched alkanes of at least 4 members (excludes halogenated alkanes) is 2. The van der Waals surface area contributed by atoms with E-state index in [4.69, 9.17) is 9.47 Å². The number of rotatable bonds is 21. The fraction of sp³-hybridized carbons (Fsp3) is 0.933. The van der Waals surface area contributed by atoms with E-state index >= 15 is 0 Å². The van der Waals surface area contributed by atoms with Gasteiger partial charge in [0.25, 0.3) is 0 Å². The van der Waals surface area contributed by atoms with Gasteiger partial charge in [-0.3, -0.25) is 9.59 Å². The third-order valence-electron chi connectivity index (χ3n) is 7.80. The van der Waals surface area contributed by atoms with E-state index in [0.29, 0.717) is 19.1 Å². The SMILES string of the molecule is CCC[C@@H](C)CCCCC(C)(CCC)C(=O)OCCCCOC(=O)C(C)(CCC)[C@@H](C)CCC. The van der Waals surface area contributed by atoms with Gasteiger partial charge in [0.05, 0.1) is 24.0 Å². The molecule has 4 heteroatoms. The van der Waals surface area contributed by atoms with Crippen LogP contribution < -0.4 is 0 Å². The van der Waals surface area contributed by atoms with Crippen molar-refractivity contribution in [3.63, 3.8) is 0 Å². The first-order chi connectivity index (χ1) is 16.1. The van der Waals surface area contributed by atoms with Crippen LogP contribution in [-0.2, 0) is 19.1 Å². The molecule has 0 radical (unpaired) electrons. The second kappa shape index (κ2) is 18.2. The first-order valence-corrected chi connectivity index (χ1v) is 14.5. The van der Waals surface area contributed by atoms with E-state index in [1.807, 2.05) is 0 Å². The number of carbonyl (C=O) groups excluding carboxylic acids is 2. The van der Waals surface area contributed by atoms with Crippen LogP contribution in [0.3, 0.4) is 0 Å². The normalized spacial score (nSPS) is 16.8. The Labute approximate surface area is 212 Å². The Morgan fingerprint density at radius 3 is 1.74 bits per heavy atom. The van der Waals surface area contributed by atoms with Crippen molar-refractivity contribution in [2.75, 3.05) is 13.2 Å². The van der Waals surface area contributed by atoms with Gasteiger partial charge in [-0.2, -0.15) is 0 Å². The molecule has 0 amide bonds. The maximum absolute atomic E-state index is 12.9. The third kappa shape index (κ3) is 12.1. The predicted molar refractivity (Wildman–Crippen MR) is 144 cm³/mol. The van der Waals surface area contributed by atoms with Crippen molar-refractivity contribution < 1.29 is 19.1 Å². The number of ether oxygens (including phenoxy) is 2. The van der Waals surface area contributed by atoms with Gasteiger partial charge < -0.3 is 9.47 Å². The summed E-state index contributed by atoms with van der Waals surface area (Å²) in [5.41, 5.74) is -0.792. The van der Waals surface area contributed by atoms with Crippen molar-refractivity contribution in [2.24, 2.45) is 22.7 Å². The van der Waals surface area contributed by atoms with Gasteiger partial charge in [0.15, 0.2) is 0 Å². The fourth-order valence-corrected chi connectivity index (χ4v) is 5.22. The van der Waals surface area contributed by atoms with Crippen LogP contribution in [0.5, 0.6) is 0 Å². The van der Waals surface area contributed by atoms with Crippen LogP contribution in [0.15, 0.2) is 0 Å². The Morgan fingerprint density at radius 1 is 0.647 bits per heavy atom. The molecule has 0 fully saturated rings. The van der Waals surface area contributed by atoms with Crippen LogP contribution in [0.25, 0.3) is 0 Å². The zero-order chi connectivity index (χ0) is 26.0. The molecule has 0 N–H and O–H groups in total. The van der Waals surface area contributed by atoms with Crippen LogP contribution in [-0.4, -0.2) is 25.2 Å². The maximum Gasteiger partial charge on any atom is 0.312 e. The topological polar surface area (TPSA) is 52.6 Å². The summed E-state index contributed by atoms with van der Waals surface area (Å²) in [4.78, 5) is 25.7. The van der Waals surface area contributed by atoms with Crippen LogP contribution in [0.1, 0.15) is 145 Å². The molecule has 0 aromatic rings. The van der Waals surface area contributed by atoms with Crippen LogP contribution in [0.2, 0.25) is 0 Å². The van der Waals surface area contributed by atoms with Crippen LogP contribution >= 0.6 is 0 Å². The van der Waals surface area contributed by atoms with Crippen LogP contribution in [0.4, 0.5) is 0 Å². The largest absolute Gasteiger partial charge is 0.465 e. The molecule has 2 unspecified atom stereocenters. The smallest absolute Gasteiger partial charge is 0.312 e. The zero-order valence-electron chi connectivity index (χ0n) is 24.1. The molecule has 202 valence electrons. The van der Waals surface area contributed by atoms with Crippen molar-refractivity contribution in [3.05, 3.63) is 0 Å². The summed E-state index contributed by atoms with van der Waals surface area (Å²) in [5.74, 6) is 0.961. The lowest BCUT2D eigenvalue weighted by Gasteiger charge is -2.33. The van der Waals surface area contributed by atoms with Crippen molar-refractivity contribution in [1.82, 2.24) is 0 Å². The predicted octanol–water partition coefficient (Wildman–Crippen LogP) is 8.90. The zero-order valence-corrected chi connectivity index (χ0v) is 24.1. The number of hydrogen-bond acceptors (Lipinski definition) is 4. The standard InChI is InChI=1S/C30H58O4/c1-9-17-25(5)19-13-14-22-29(7,20-11-3)27(31)33-23-15-16-24-34-28(32)30(8,21-12-4)26(6)18-10-2/h25-26H,9-24H2,1-8H3/t25-,26+,29?,30?/m1/s1. The molecule has 0 spiro atoms. The van der Waals surface area contributed by atoms with E-state index in [1.54, 1.807) is 0 Å². The highest BCUT2D eigenvalue weighted by Crippen LogP contribution is 2.37. The van der Waals surface area contributed by atoms with Crippen molar-refractivity contribution in [2.45, 2.75) is 145 Å². The average molecular weight is 483 g/mol. The molecule has 0 aliphatic rings. The quantitative estimate of drug-likeness (QED) is 0.121. The fourth-order valence-electron chi connectivity index (χ4n) is 5.22. The minimum atomic E-state index is -0.409.